The highest BCUT2D eigenvalue weighted by Gasteiger charge is 2.15. The van der Waals surface area contributed by atoms with Crippen LogP contribution in [0.5, 0.6) is 5.75 Å². The molecule has 0 saturated heterocycles. The normalized spacial score (nSPS) is 10.8. The molecule has 1 heterocycles. The Balaban J connectivity index is 1.56. The maximum atomic E-state index is 13.8. The number of nitrogens with zero attached hydrogens (tertiary/aromatic N) is 2. The lowest BCUT2D eigenvalue weighted by atomic mass is 10.2. The molecule has 29 heavy (non-hydrogen) atoms. The molecule has 0 aliphatic carbocycles. The van der Waals surface area contributed by atoms with Gasteiger partial charge in [-0.2, -0.15) is 0 Å². The average Bonchev–Trinajstić information content (AvgIpc) is 3.07. The molecular formula is C23H20FN3O2. The molecule has 4 aromatic rings. The lowest BCUT2D eigenvalue weighted by Gasteiger charge is -2.11. The molecule has 1 amide bonds. The summed E-state index contributed by atoms with van der Waals surface area (Å²) in [5, 5.41) is 2.75. The highest BCUT2D eigenvalue weighted by atomic mass is 19.1. The molecule has 0 bridgehead atoms. The smallest absolute Gasteiger partial charge is 0.244 e. The first kappa shape index (κ1) is 18.7. The lowest BCUT2D eigenvalue weighted by molar-refractivity contribution is -0.116. The summed E-state index contributed by atoms with van der Waals surface area (Å²) in [5.41, 5.74) is 2.58. The van der Waals surface area contributed by atoms with Crippen LogP contribution >= 0.6 is 0 Å². The number of benzene rings is 3. The third-order valence-corrected chi connectivity index (χ3v) is 4.60. The molecule has 0 spiro atoms. The second-order valence-electron chi connectivity index (χ2n) is 6.72. The average molecular weight is 389 g/mol. The summed E-state index contributed by atoms with van der Waals surface area (Å²) in [5.74, 6) is 0.746. The predicted molar refractivity (Wildman–Crippen MR) is 110 cm³/mol. The molecule has 1 N–H and O–H groups in total. The Labute approximate surface area is 167 Å². The summed E-state index contributed by atoms with van der Waals surface area (Å²) in [7, 11) is 0. The molecule has 0 atom stereocenters. The highest BCUT2D eigenvalue weighted by molar-refractivity contribution is 5.91. The predicted octanol–water partition coefficient (Wildman–Crippen LogP) is 4.70. The summed E-state index contributed by atoms with van der Waals surface area (Å²) in [4.78, 5) is 17.2. The van der Waals surface area contributed by atoms with Crippen LogP contribution in [0.4, 0.5) is 10.1 Å². The van der Waals surface area contributed by atoms with Gasteiger partial charge in [0.15, 0.2) is 0 Å². The van der Waals surface area contributed by atoms with Gasteiger partial charge in [0.05, 0.1) is 11.0 Å². The fraction of sp³-hybridized carbons (Fsp3) is 0.130. The molecule has 0 unspecified atom stereocenters. The first-order valence-corrected chi connectivity index (χ1v) is 9.28. The number of nitrogens with one attached hydrogen (secondary N) is 1. The van der Waals surface area contributed by atoms with Crippen molar-refractivity contribution in [1.82, 2.24) is 9.55 Å². The van der Waals surface area contributed by atoms with Gasteiger partial charge in [-0.1, -0.05) is 36.4 Å². The second-order valence-corrected chi connectivity index (χ2v) is 6.72. The number of ether oxygens (including phenoxy) is 1. The molecule has 3 aromatic carbocycles. The summed E-state index contributed by atoms with van der Waals surface area (Å²) in [6.07, 6.45) is 0. The topological polar surface area (TPSA) is 56.2 Å². The van der Waals surface area contributed by atoms with Crippen molar-refractivity contribution in [3.63, 3.8) is 0 Å². The van der Waals surface area contributed by atoms with Crippen molar-refractivity contribution in [1.29, 1.82) is 0 Å². The monoisotopic (exact) mass is 389 g/mol. The summed E-state index contributed by atoms with van der Waals surface area (Å²) in [6, 6.07) is 21.7. The molecule has 0 saturated carbocycles. The van der Waals surface area contributed by atoms with E-state index < -0.39 is 0 Å². The van der Waals surface area contributed by atoms with E-state index in [9.17, 15) is 9.18 Å². The van der Waals surface area contributed by atoms with Crippen LogP contribution in [0.25, 0.3) is 11.0 Å². The number of aryl methyl sites for hydroxylation is 1. The molecule has 0 aliphatic rings. The van der Waals surface area contributed by atoms with Gasteiger partial charge in [-0.05, 0) is 48.9 Å². The third-order valence-electron chi connectivity index (χ3n) is 4.60. The minimum absolute atomic E-state index is 0.0451. The fourth-order valence-corrected chi connectivity index (χ4v) is 3.09. The number of carbonyl (C=O) groups excluding carboxylic acids is 1. The number of amides is 1. The number of fused-ring (bicyclic) bond motifs is 1. The highest BCUT2D eigenvalue weighted by Crippen LogP contribution is 2.19. The molecular weight excluding hydrogens is 369 g/mol. The molecule has 5 nitrogen and oxygen atoms in total. The standard InChI is InChI=1S/C23H20FN3O2/c1-16-11-12-17(13-19(16)24)25-23(28)14-27-21-10-6-5-9-20(21)26-22(27)15-29-18-7-3-2-4-8-18/h2-13H,14-15H2,1H3,(H,25,28). The van der Waals surface area contributed by atoms with Crippen molar-refractivity contribution in [3.8, 4) is 5.75 Å². The number of hydrogen-bond acceptors (Lipinski definition) is 3. The van der Waals surface area contributed by atoms with Gasteiger partial charge >= 0.3 is 0 Å². The van der Waals surface area contributed by atoms with Gasteiger partial charge in [-0.15, -0.1) is 0 Å². The van der Waals surface area contributed by atoms with E-state index >= 15 is 0 Å². The quantitative estimate of drug-likeness (QED) is 0.520. The van der Waals surface area contributed by atoms with Gasteiger partial charge in [0.2, 0.25) is 5.91 Å². The summed E-state index contributed by atoms with van der Waals surface area (Å²) in [6.45, 7) is 1.95. The molecule has 6 heteroatoms. The van der Waals surface area contributed by atoms with E-state index in [0.29, 0.717) is 17.1 Å². The van der Waals surface area contributed by atoms with Crippen LogP contribution in [0.15, 0.2) is 72.8 Å². The number of rotatable bonds is 6. The van der Waals surface area contributed by atoms with Gasteiger partial charge in [-0.25, -0.2) is 9.37 Å². The van der Waals surface area contributed by atoms with Crippen molar-refractivity contribution >= 4 is 22.6 Å². The van der Waals surface area contributed by atoms with Gasteiger partial charge in [-0.3, -0.25) is 4.79 Å². The van der Waals surface area contributed by atoms with Crippen LogP contribution < -0.4 is 10.1 Å². The largest absolute Gasteiger partial charge is 0.486 e. The van der Waals surface area contributed by atoms with Crippen molar-refractivity contribution in [3.05, 3.63) is 90.0 Å². The van der Waals surface area contributed by atoms with E-state index in [4.69, 9.17) is 4.74 Å². The maximum absolute atomic E-state index is 13.8. The number of carbonyl (C=O) groups is 1. The number of imidazole rings is 1. The number of aromatic nitrogens is 2. The van der Waals surface area contributed by atoms with E-state index in [1.54, 1.807) is 19.1 Å². The molecule has 1 aromatic heterocycles. The summed E-state index contributed by atoms with van der Waals surface area (Å²) >= 11 is 0. The Morgan fingerprint density at radius 1 is 1.07 bits per heavy atom. The van der Waals surface area contributed by atoms with Crippen LogP contribution in [0.1, 0.15) is 11.4 Å². The van der Waals surface area contributed by atoms with E-state index in [1.807, 2.05) is 59.2 Å². The van der Waals surface area contributed by atoms with E-state index in [-0.39, 0.29) is 24.9 Å². The Bertz CT molecular complexity index is 1160. The van der Waals surface area contributed by atoms with E-state index in [2.05, 4.69) is 10.3 Å². The zero-order chi connectivity index (χ0) is 20.2. The fourth-order valence-electron chi connectivity index (χ4n) is 3.09. The number of halogens is 1. The molecule has 0 aliphatic heterocycles. The minimum atomic E-state index is -0.354. The van der Waals surface area contributed by atoms with Crippen molar-refractivity contribution in [2.24, 2.45) is 0 Å². The van der Waals surface area contributed by atoms with E-state index in [0.717, 1.165) is 16.8 Å². The van der Waals surface area contributed by atoms with Crippen LogP contribution in [0.2, 0.25) is 0 Å². The Morgan fingerprint density at radius 2 is 1.83 bits per heavy atom. The zero-order valence-electron chi connectivity index (χ0n) is 15.9. The van der Waals surface area contributed by atoms with Crippen molar-refractivity contribution < 1.29 is 13.9 Å². The van der Waals surface area contributed by atoms with E-state index in [1.165, 1.54) is 6.07 Å². The first-order chi connectivity index (χ1) is 14.1. The van der Waals surface area contributed by atoms with Gasteiger partial charge < -0.3 is 14.6 Å². The van der Waals surface area contributed by atoms with Gasteiger partial charge in [0, 0.05) is 5.69 Å². The Kier molecular flexibility index (Phi) is 5.24. The lowest BCUT2D eigenvalue weighted by Crippen LogP contribution is -2.21. The Hall–Kier alpha value is -3.67. The molecule has 146 valence electrons. The number of para-hydroxylation sites is 3. The molecule has 4 rings (SSSR count). The number of anilines is 1. The molecule has 0 radical (unpaired) electrons. The number of hydrogen-bond donors (Lipinski definition) is 1. The van der Waals surface area contributed by atoms with Crippen LogP contribution in [0.3, 0.4) is 0 Å². The van der Waals surface area contributed by atoms with Gasteiger partial charge in [0.1, 0.15) is 30.5 Å². The van der Waals surface area contributed by atoms with Crippen LogP contribution in [0, 0.1) is 12.7 Å². The molecule has 0 fully saturated rings. The van der Waals surface area contributed by atoms with Gasteiger partial charge in [0.25, 0.3) is 0 Å². The summed E-state index contributed by atoms with van der Waals surface area (Å²) < 4.78 is 21.4. The third kappa shape index (κ3) is 4.27. The van der Waals surface area contributed by atoms with Crippen molar-refractivity contribution in [2.75, 3.05) is 5.32 Å². The Morgan fingerprint density at radius 3 is 2.62 bits per heavy atom. The zero-order valence-corrected chi connectivity index (χ0v) is 15.9. The van der Waals surface area contributed by atoms with Crippen LogP contribution in [-0.2, 0) is 17.9 Å². The van der Waals surface area contributed by atoms with Crippen LogP contribution in [-0.4, -0.2) is 15.5 Å². The first-order valence-electron chi connectivity index (χ1n) is 9.28. The SMILES string of the molecule is Cc1ccc(NC(=O)Cn2c(COc3ccccc3)nc3ccccc32)cc1F. The second kappa shape index (κ2) is 8.14. The maximum Gasteiger partial charge on any atom is 0.244 e. The minimum Gasteiger partial charge on any atom is -0.486 e. The van der Waals surface area contributed by atoms with Crippen molar-refractivity contribution in [2.45, 2.75) is 20.1 Å².